The Morgan fingerprint density at radius 2 is 1.75 bits per heavy atom. The normalized spacial score (nSPS) is 38.8. The number of hydrogen-bond donors (Lipinski definition) is 1. The van der Waals surface area contributed by atoms with E-state index < -0.39 is 0 Å². The largest absolute Gasteiger partial charge is 0.339 e. The van der Waals surface area contributed by atoms with Crippen molar-refractivity contribution in [3.05, 3.63) is 0 Å². The molecule has 1 saturated carbocycles. The minimum absolute atomic E-state index is 0.122. The van der Waals surface area contributed by atoms with Crippen LogP contribution in [0.15, 0.2) is 0 Å². The predicted molar refractivity (Wildman–Crippen MR) is 81.5 cm³/mol. The molecule has 2 heterocycles. The van der Waals surface area contributed by atoms with E-state index in [-0.39, 0.29) is 5.41 Å². The number of rotatable bonds is 1. The highest BCUT2D eigenvalue weighted by molar-refractivity contribution is 5.83. The Labute approximate surface area is 123 Å². The quantitative estimate of drug-likeness (QED) is 0.800. The van der Waals surface area contributed by atoms with Gasteiger partial charge in [0.1, 0.15) is 0 Å². The van der Waals surface area contributed by atoms with Crippen LogP contribution >= 0.6 is 0 Å². The van der Waals surface area contributed by atoms with E-state index >= 15 is 0 Å². The molecule has 2 aliphatic heterocycles. The molecule has 1 N–H and O–H groups in total. The number of hydrogen-bond acceptors (Lipinski definition) is 2. The maximum atomic E-state index is 13.1. The number of nitrogens with one attached hydrogen (secondary N) is 1. The summed E-state index contributed by atoms with van der Waals surface area (Å²) in [6.45, 7) is 12.3. The molecule has 0 spiro atoms. The first-order valence-corrected chi connectivity index (χ1v) is 8.25. The Kier molecular flexibility index (Phi) is 3.20. The van der Waals surface area contributed by atoms with Crippen molar-refractivity contribution in [1.29, 1.82) is 0 Å². The molecule has 0 aromatic heterocycles. The SMILES string of the molecule is CC1(C)CC2CC(C)(CN2C(=O)C2(C)CCNCC2)C1. The highest BCUT2D eigenvalue weighted by Crippen LogP contribution is 2.53. The number of likely N-dealkylation sites (tertiary alicyclic amines) is 1. The third kappa shape index (κ3) is 2.38. The van der Waals surface area contributed by atoms with Crippen LogP contribution in [0.5, 0.6) is 0 Å². The van der Waals surface area contributed by atoms with Crippen LogP contribution in [0.4, 0.5) is 0 Å². The highest BCUT2D eigenvalue weighted by atomic mass is 16.2. The summed E-state index contributed by atoms with van der Waals surface area (Å²) in [7, 11) is 0. The van der Waals surface area contributed by atoms with Gasteiger partial charge in [0.05, 0.1) is 0 Å². The van der Waals surface area contributed by atoms with E-state index in [4.69, 9.17) is 0 Å². The van der Waals surface area contributed by atoms with Gasteiger partial charge in [-0.25, -0.2) is 0 Å². The van der Waals surface area contributed by atoms with Gasteiger partial charge in [-0.2, -0.15) is 0 Å². The first-order chi connectivity index (χ1) is 9.23. The van der Waals surface area contributed by atoms with Crippen molar-refractivity contribution >= 4 is 5.91 Å². The standard InChI is InChI=1S/C17H30N2O/c1-15(2)9-13-10-16(3,11-15)12-19(13)14(20)17(4)5-7-18-8-6-17/h13,18H,5-12H2,1-4H3. The van der Waals surface area contributed by atoms with E-state index in [1.165, 1.54) is 19.3 Å². The number of nitrogens with zero attached hydrogens (tertiary/aromatic N) is 1. The summed E-state index contributed by atoms with van der Waals surface area (Å²) < 4.78 is 0. The molecule has 3 fully saturated rings. The van der Waals surface area contributed by atoms with E-state index in [9.17, 15) is 4.79 Å². The Morgan fingerprint density at radius 3 is 2.40 bits per heavy atom. The maximum absolute atomic E-state index is 13.1. The van der Waals surface area contributed by atoms with Gasteiger partial charge in [0, 0.05) is 18.0 Å². The predicted octanol–water partition coefficient (Wildman–Crippen LogP) is 2.80. The first kappa shape index (κ1) is 14.4. The lowest BCUT2D eigenvalue weighted by atomic mass is 9.65. The lowest BCUT2D eigenvalue weighted by Crippen LogP contribution is -2.49. The van der Waals surface area contributed by atoms with Gasteiger partial charge in [-0.1, -0.05) is 27.7 Å². The second-order valence-corrected chi connectivity index (χ2v) is 8.96. The third-order valence-corrected chi connectivity index (χ3v) is 5.90. The zero-order chi connectivity index (χ0) is 14.6. The summed E-state index contributed by atoms with van der Waals surface area (Å²) in [6.07, 6.45) is 5.65. The van der Waals surface area contributed by atoms with Crippen LogP contribution in [0.3, 0.4) is 0 Å². The van der Waals surface area contributed by atoms with Crippen LogP contribution in [0.1, 0.15) is 59.8 Å². The van der Waals surface area contributed by atoms with Crippen LogP contribution in [-0.4, -0.2) is 36.5 Å². The molecule has 0 radical (unpaired) electrons. The van der Waals surface area contributed by atoms with Gasteiger partial charge in [-0.05, 0) is 56.0 Å². The molecular formula is C17H30N2O. The van der Waals surface area contributed by atoms with Gasteiger partial charge < -0.3 is 10.2 Å². The van der Waals surface area contributed by atoms with E-state index in [0.717, 1.165) is 32.5 Å². The fourth-order valence-corrected chi connectivity index (χ4v) is 5.24. The molecule has 3 aliphatic rings. The van der Waals surface area contributed by atoms with Crippen molar-refractivity contribution in [2.45, 2.75) is 65.8 Å². The molecule has 2 saturated heterocycles. The van der Waals surface area contributed by atoms with Gasteiger partial charge in [-0.3, -0.25) is 4.79 Å². The average Bonchev–Trinajstić information content (AvgIpc) is 2.58. The number of amides is 1. The topological polar surface area (TPSA) is 32.3 Å². The average molecular weight is 278 g/mol. The highest BCUT2D eigenvalue weighted by Gasteiger charge is 2.53. The van der Waals surface area contributed by atoms with Crippen molar-refractivity contribution in [1.82, 2.24) is 10.2 Å². The smallest absolute Gasteiger partial charge is 0.228 e. The van der Waals surface area contributed by atoms with Crippen LogP contribution < -0.4 is 5.32 Å². The van der Waals surface area contributed by atoms with E-state index in [1.54, 1.807) is 0 Å². The van der Waals surface area contributed by atoms with Gasteiger partial charge >= 0.3 is 0 Å². The molecule has 1 amide bonds. The fourth-order valence-electron chi connectivity index (χ4n) is 5.24. The summed E-state index contributed by atoms with van der Waals surface area (Å²) in [4.78, 5) is 15.4. The Bertz CT molecular complexity index is 411. The molecule has 3 rings (SSSR count). The number of carbonyl (C=O) groups is 1. The van der Waals surface area contributed by atoms with Crippen molar-refractivity contribution < 1.29 is 4.79 Å². The zero-order valence-corrected chi connectivity index (χ0v) is 13.6. The molecule has 2 atom stereocenters. The van der Waals surface area contributed by atoms with Gasteiger partial charge in [0.2, 0.25) is 5.91 Å². The summed E-state index contributed by atoms with van der Waals surface area (Å²) >= 11 is 0. The monoisotopic (exact) mass is 278 g/mol. The number of carbonyl (C=O) groups excluding carboxylic acids is 1. The molecule has 1 aliphatic carbocycles. The van der Waals surface area contributed by atoms with Crippen LogP contribution in [-0.2, 0) is 4.79 Å². The molecule has 3 nitrogen and oxygen atoms in total. The zero-order valence-electron chi connectivity index (χ0n) is 13.6. The van der Waals surface area contributed by atoms with Crippen molar-refractivity contribution in [3.63, 3.8) is 0 Å². The Morgan fingerprint density at radius 1 is 1.10 bits per heavy atom. The fraction of sp³-hybridized carbons (Fsp3) is 0.941. The van der Waals surface area contributed by atoms with Crippen molar-refractivity contribution in [2.24, 2.45) is 16.2 Å². The lowest BCUT2D eigenvalue weighted by Gasteiger charge is -2.41. The molecule has 0 aromatic rings. The van der Waals surface area contributed by atoms with E-state index in [2.05, 4.69) is 37.9 Å². The van der Waals surface area contributed by atoms with Crippen LogP contribution in [0.2, 0.25) is 0 Å². The van der Waals surface area contributed by atoms with Crippen LogP contribution in [0, 0.1) is 16.2 Å². The second-order valence-electron chi connectivity index (χ2n) is 8.96. The lowest BCUT2D eigenvalue weighted by molar-refractivity contribution is -0.144. The molecule has 3 heteroatoms. The minimum atomic E-state index is -0.122. The van der Waals surface area contributed by atoms with Gasteiger partial charge in [0.25, 0.3) is 0 Å². The van der Waals surface area contributed by atoms with Gasteiger partial charge in [0.15, 0.2) is 0 Å². The summed E-state index contributed by atoms with van der Waals surface area (Å²) in [5.74, 6) is 0.436. The number of piperidine rings is 1. The van der Waals surface area contributed by atoms with Crippen LogP contribution in [0.25, 0.3) is 0 Å². The van der Waals surface area contributed by atoms with E-state index in [0.29, 0.717) is 22.8 Å². The molecule has 2 unspecified atom stereocenters. The molecule has 114 valence electrons. The summed E-state index contributed by atoms with van der Waals surface area (Å²) in [6, 6.07) is 0.489. The van der Waals surface area contributed by atoms with E-state index in [1.807, 2.05) is 0 Å². The minimum Gasteiger partial charge on any atom is -0.339 e. The maximum Gasteiger partial charge on any atom is 0.228 e. The summed E-state index contributed by atoms with van der Waals surface area (Å²) in [5, 5.41) is 3.38. The first-order valence-electron chi connectivity index (χ1n) is 8.25. The Balaban J connectivity index is 1.80. The van der Waals surface area contributed by atoms with Crippen molar-refractivity contribution in [3.8, 4) is 0 Å². The van der Waals surface area contributed by atoms with Crippen molar-refractivity contribution in [2.75, 3.05) is 19.6 Å². The molecule has 20 heavy (non-hydrogen) atoms. The second kappa shape index (κ2) is 4.46. The molecular weight excluding hydrogens is 248 g/mol. The summed E-state index contributed by atoms with van der Waals surface area (Å²) in [5.41, 5.74) is 0.621. The number of fused-ring (bicyclic) bond motifs is 2. The molecule has 0 aromatic carbocycles. The van der Waals surface area contributed by atoms with Gasteiger partial charge in [-0.15, -0.1) is 0 Å². The third-order valence-electron chi connectivity index (χ3n) is 5.90. The molecule has 2 bridgehead atoms. The Hall–Kier alpha value is -0.570.